The van der Waals surface area contributed by atoms with Crippen molar-refractivity contribution in [3.05, 3.63) is 137 Å². The molecule has 2 fully saturated rings. The number of piperidine rings is 1. The van der Waals surface area contributed by atoms with Crippen molar-refractivity contribution in [1.29, 1.82) is 0 Å². The molecule has 2 saturated heterocycles. The van der Waals surface area contributed by atoms with E-state index in [1.54, 1.807) is 36.0 Å². The lowest BCUT2D eigenvalue weighted by Gasteiger charge is -2.36. The average Bonchev–Trinajstić information content (AvgIpc) is 3.33. The van der Waals surface area contributed by atoms with E-state index in [0.717, 1.165) is 59.3 Å². The quantitative estimate of drug-likeness (QED) is 0.0409. The SMILES string of the molecule is O=C(NS(=O)(=O)c1ccc(NC(CCN2CCN(CC(O)CF)CC2)CSc2ccccc2)c(S(=O)O)c1)c1ccc(N2CCC(C(O)c3ccccc3-c3ccc(Cl)cc3)CC2)cc1. The van der Waals surface area contributed by atoms with Crippen LogP contribution >= 0.6 is 23.4 Å². The van der Waals surface area contributed by atoms with Gasteiger partial charge in [-0.25, -0.2) is 21.7 Å². The number of piperazine rings is 1. The first-order valence-electron chi connectivity index (χ1n) is 21.7. The normalized spacial score (nSPS) is 17.3. The molecule has 65 heavy (non-hydrogen) atoms. The molecule has 0 bridgehead atoms. The summed E-state index contributed by atoms with van der Waals surface area (Å²) in [6.07, 6.45) is 0.511. The number of carbonyl (C=O) groups is 1. The van der Waals surface area contributed by atoms with Crippen LogP contribution < -0.4 is 14.9 Å². The Hall–Kier alpha value is -4.36. The standard InChI is InChI=1S/C48H55ClFN5O7S3/c49-37-14-10-34(11-15-37)43-8-4-5-9-44(43)47(57)35-20-24-55(25-21-35)39-16-12-36(13-17-39)48(58)52-65(61,62)42-18-19-45(46(30-42)64(59)60)51-38(33-63-41-6-2-1-3-7-41)22-23-53-26-28-54(29-27-53)32-40(56)31-50/h1-19,30,35,38,40,47,51,56-57H,20-29,31-33H2,(H,52,58)(H,59,60). The first-order chi connectivity index (χ1) is 31.4. The van der Waals surface area contributed by atoms with E-state index in [4.69, 9.17) is 11.6 Å². The first kappa shape index (κ1) is 48.6. The number of rotatable bonds is 19. The molecule has 4 unspecified atom stereocenters. The summed E-state index contributed by atoms with van der Waals surface area (Å²) in [4.78, 5) is 20.4. The van der Waals surface area contributed by atoms with Gasteiger partial charge in [-0.3, -0.25) is 9.69 Å². The second-order valence-electron chi connectivity index (χ2n) is 16.5. The Balaban J connectivity index is 0.957. The Morgan fingerprint density at radius 3 is 2.18 bits per heavy atom. The van der Waals surface area contributed by atoms with E-state index in [-0.39, 0.29) is 27.3 Å². The van der Waals surface area contributed by atoms with E-state index in [1.165, 1.54) is 12.1 Å². The highest BCUT2D eigenvalue weighted by Crippen LogP contribution is 2.37. The summed E-state index contributed by atoms with van der Waals surface area (Å²) in [6, 6.07) is 35.7. The number of aliphatic hydroxyl groups excluding tert-OH is 2. The number of alkyl halides is 1. The number of carbonyl (C=O) groups excluding carboxylic acids is 1. The van der Waals surface area contributed by atoms with Gasteiger partial charge in [0.1, 0.15) is 6.67 Å². The van der Waals surface area contributed by atoms with Crippen LogP contribution in [0, 0.1) is 5.92 Å². The summed E-state index contributed by atoms with van der Waals surface area (Å²) in [6.45, 7) is 4.51. The Labute approximate surface area is 392 Å². The predicted octanol–water partition coefficient (Wildman–Crippen LogP) is 7.57. The fourth-order valence-corrected chi connectivity index (χ4v) is 11.1. The number of aliphatic hydroxyl groups is 2. The van der Waals surface area contributed by atoms with Gasteiger partial charge in [-0.1, -0.05) is 66.2 Å². The van der Waals surface area contributed by atoms with Crippen molar-refractivity contribution in [1.82, 2.24) is 14.5 Å². The van der Waals surface area contributed by atoms with Gasteiger partial charge in [0.05, 0.1) is 27.7 Å². The van der Waals surface area contributed by atoms with Crippen molar-refractivity contribution in [2.75, 3.05) is 75.0 Å². The molecule has 12 nitrogen and oxygen atoms in total. The summed E-state index contributed by atoms with van der Waals surface area (Å²) in [5.74, 6) is -0.190. The Bertz CT molecular complexity index is 2480. The minimum absolute atomic E-state index is 0.0409. The Morgan fingerprint density at radius 1 is 0.846 bits per heavy atom. The maximum Gasteiger partial charge on any atom is 0.264 e. The molecule has 1 amide bonds. The summed E-state index contributed by atoms with van der Waals surface area (Å²) < 4.78 is 65.2. The molecule has 7 rings (SSSR count). The number of benzene rings is 5. The van der Waals surface area contributed by atoms with Gasteiger partial charge in [0.25, 0.3) is 15.9 Å². The van der Waals surface area contributed by atoms with E-state index in [9.17, 15) is 36.6 Å². The van der Waals surface area contributed by atoms with Crippen molar-refractivity contribution in [3.63, 3.8) is 0 Å². The third-order valence-corrected chi connectivity index (χ3v) is 15.5. The van der Waals surface area contributed by atoms with E-state index in [2.05, 4.69) is 19.8 Å². The lowest BCUT2D eigenvalue weighted by molar-refractivity contribution is 0.0593. The molecule has 5 aromatic rings. The molecule has 0 aromatic heterocycles. The predicted molar refractivity (Wildman–Crippen MR) is 257 cm³/mol. The summed E-state index contributed by atoms with van der Waals surface area (Å²) >= 11 is 5.18. The molecule has 0 aliphatic carbocycles. The minimum atomic E-state index is -4.45. The summed E-state index contributed by atoms with van der Waals surface area (Å²) in [7, 11) is -4.45. The maximum absolute atomic E-state index is 13.6. The Kier molecular flexibility index (Phi) is 17.1. The van der Waals surface area contributed by atoms with Crippen LogP contribution in [0.5, 0.6) is 0 Å². The van der Waals surface area contributed by atoms with Gasteiger partial charge in [-0.15, -0.1) is 11.8 Å². The molecule has 0 saturated carbocycles. The van der Waals surface area contributed by atoms with Crippen LogP contribution in [0.4, 0.5) is 15.8 Å². The van der Waals surface area contributed by atoms with E-state index in [0.29, 0.717) is 62.2 Å². The van der Waals surface area contributed by atoms with Crippen LogP contribution in [0.15, 0.2) is 136 Å². The zero-order valence-corrected chi connectivity index (χ0v) is 39.1. The smallest absolute Gasteiger partial charge is 0.264 e. The molecular formula is C48H55ClFN5O7S3. The molecule has 5 aromatic carbocycles. The van der Waals surface area contributed by atoms with Crippen LogP contribution in [-0.4, -0.2) is 120 Å². The van der Waals surface area contributed by atoms with Crippen LogP contribution in [-0.2, 0) is 21.1 Å². The molecule has 4 atom stereocenters. The van der Waals surface area contributed by atoms with E-state index < -0.39 is 45.9 Å². The second kappa shape index (κ2) is 22.9. The summed E-state index contributed by atoms with van der Waals surface area (Å²) in [5, 5.41) is 25.3. The van der Waals surface area contributed by atoms with Gasteiger partial charge in [0.15, 0.2) is 11.1 Å². The molecule has 5 N–H and O–H groups in total. The van der Waals surface area contributed by atoms with Crippen LogP contribution in [0.3, 0.4) is 0 Å². The number of hydrogen-bond donors (Lipinski definition) is 5. The molecule has 346 valence electrons. The number of nitrogens with zero attached hydrogens (tertiary/aromatic N) is 3. The molecule has 2 aliphatic rings. The van der Waals surface area contributed by atoms with E-state index >= 15 is 0 Å². The van der Waals surface area contributed by atoms with Crippen LogP contribution in [0.2, 0.25) is 5.02 Å². The molecule has 2 heterocycles. The fourth-order valence-electron chi connectivity index (χ4n) is 8.38. The molecule has 2 aliphatic heterocycles. The van der Waals surface area contributed by atoms with Crippen molar-refractivity contribution in [3.8, 4) is 11.1 Å². The number of nitrogens with one attached hydrogen (secondary N) is 2. The zero-order valence-electron chi connectivity index (χ0n) is 35.8. The Morgan fingerprint density at radius 2 is 1.51 bits per heavy atom. The van der Waals surface area contributed by atoms with Crippen LogP contribution in [0.25, 0.3) is 11.1 Å². The van der Waals surface area contributed by atoms with Crippen molar-refractivity contribution >= 4 is 61.7 Å². The monoisotopic (exact) mass is 963 g/mol. The summed E-state index contributed by atoms with van der Waals surface area (Å²) in [5.41, 5.74) is 4.13. The topological polar surface area (TPSA) is 163 Å². The molecule has 0 spiro atoms. The second-order valence-corrected chi connectivity index (χ2v) is 20.6. The van der Waals surface area contributed by atoms with Gasteiger partial charge >= 0.3 is 0 Å². The number of halogens is 2. The zero-order chi connectivity index (χ0) is 45.9. The van der Waals surface area contributed by atoms with Gasteiger partial charge in [-0.05, 0) is 109 Å². The lowest BCUT2D eigenvalue weighted by Crippen LogP contribution is -2.49. The third kappa shape index (κ3) is 13.2. The number of hydrogen-bond acceptors (Lipinski definition) is 11. The van der Waals surface area contributed by atoms with Crippen molar-refractivity contribution in [2.45, 2.75) is 52.2 Å². The lowest BCUT2D eigenvalue weighted by atomic mass is 9.84. The number of β-amino-alcohol motifs (C(OH)–C–C–N with tert-alkyl or cyclic N) is 1. The highest BCUT2D eigenvalue weighted by atomic mass is 35.5. The number of sulfonamides is 1. The minimum Gasteiger partial charge on any atom is -0.389 e. The number of thioether (sulfide) groups is 1. The van der Waals surface area contributed by atoms with Crippen LogP contribution in [0.1, 0.15) is 41.3 Å². The van der Waals surface area contributed by atoms with Crippen molar-refractivity contribution < 1.29 is 36.6 Å². The third-order valence-electron chi connectivity index (χ3n) is 12.1. The van der Waals surface area contributed by atoms with E-state index in [1.807, 2.05) is 83.8 Å². The molecule has 17 heteroatoms. The maximum atomic E-state index is 13.6. The number of anilines is 2. The fraction of sp³-hybridized carbons (Fsp3) is 0.354. The van der Waals surface area contributed by atoms with Gasteiger partial charge in [-0.2, -0.15) is 0 Å². The molecular weight excluding hydrogens is 909 g/mol. The largest absolute Gasteiger partial charge is 0.389 e. The highest BCUT2D eigenvalue weighted by Gasteiger charge is 2.29. The van der Waals surface area contributed by atoms with Gasteiger partial charge in [0, 0.05) is 85.3 Å². The first-order valence-corrected chi connectivity index (χ1v) is 25.7. The average molecular weight is 965 g/mol. The molecule has 0 radical (unpaired) electrons. The van der Waals surface area contributed by atoms with Gasteiger partial charge < -0.3 is 29.9 Å². The highest BCUT2D eigenvalue weighted by molar-refractivity contribution is 7.99. The van der Waals surface area contributed by atoms with Gasteiger partial charge in [0.2, 0.25) is 0 Å². The number of amides is 1. The van der Waals surface area contributed by atoms with Crippen molar-refractivity contribution in [2.24, 2.45) is 5.92 Å².